The van der Waals surface area contributed by atoms with E-state index < -0.39 is 11.6 Å². The highest BCUT2D eigenvalue weighted by Gasteiger charge is 2.25. The van der Waals surface area contributed by atoms with E-state index in [2.05, 4.69) is 13.0 Å². The Morgan fingerprint density at radius 2 is 1.40 bits per heavy atom. The van der Waals surface area contributed by atoms with Crippen molar-refractivity contribution >= 4 is 10.8 Å². The molecular formula is C27H29F3. The number of halogens is 3. The average molecular weight is 411 g/mol. The van der Waals surface area contributed by atoms with Crippen molar-refractivity contribution in [3.05, 3.63) is 82.7 Å². The molecule has 0 radical (unpaired) electrons. The van der Waals surface area contributed by atoms with E-state index in [0.717, 1.165) is 55.0 Å². The molecule has 1 aliphatic carbocycles. The number of benzene rings is 3. The standard InChI is InChI=1S/C27H29F3/c1-2-3-4-5-18-6-13-24(25(28)14-18)20-9-7-19(8-10-20)21-11-12-22-16-26(29)27(30)17-23(22)15-21/h6,11-17,19-20H,2-5,7-10H2,1H3. The Morgan fingerprint density at radius 3 is 2.10 bits per heavy atom. The molecule has 30 heavy (non-hydrogen) atoms. The van der Waals surface area contributed by atoms with Gasteiger partial charge < -0.3 is 0 Å². The van der Waals surface area contributed by atoms with E-state index >= 15 is 0 Å². The molecule has 1 fully saturated rings. The first-order valence-electron chi connectivity index (χ1n) is 11.2. The van der Waals surface area contributed by atoms with Crippen LogP contribution in [0, 0.1) is 17.5 Å². The van der Waals surface area contributed by atoms with Crippen LogP contribution in [0.5, 0.6) is 0 Å². The van der Waals surface area contributed by atoms with Gasteiger partial charge in [0.25, 0.3) is 0 Å². The number of unbranched alkanes of at least 4 members (excludes halogenated alkanes) is 2. The highest BCUT2D eigenvalue weighted by molar-refractivity contribution is 5.83. The molecule has 0 aromatic heterocycles. The van der Waals surface area contributed by atoms with E-state index in [1.807, 2.05) is 24.3 Å². The smallest absolute Gasteiger partial charge is 0.159 e. The predicted molar refractivity (Wildman–Crippen MR) is 117 cm³/mol. The lowest BCUT2D eigenvalue weighted by atomic mass is 9.75. The summed E-state index contributed by atoms with van der Waals surface area (Å²) in [6.07, 6.45) is 8.29. The molecule has 158 valence electrons. The van der Waals surface area contributed by atoms with E-state index in [-0.39, 0.29) is 11.7 Å². The number of rotatable bonds is 6. The first-order chi connectivity index (χ1) is 14.5. The summed E-state index contributed by atoms with van der Waals surface area (Å²) in [5.74, 6) is -1.03. The van der Waals surface area contributed by atoms with Crippen LogP contribution in [0.25, 0.3) is 10.8 Å². The summed E-state index contributed by atoms with van der Waals surface area (Å²) >= 11 is 0. The van der Waals surface area contributed by atoms with Crippen molar-refractivity contribution in [2.45, 2.75) is 70.1 Å². The maximum Gasteiger partial charge on any atom is 0.159 e. The van der Waals surface area contributed by atoms with Crippen molar-refractivity contribution in [3.8, 4) is 0 Å². The molecule has 0 nitrogen and oxygen atoms in total. The zero-order chi connectivity index (χ0) is 21.1. The van der Waals surface area contributed by atoms with Crippen molar-refractivity contribution in [2.75, 3.05) is 0 Å². The average Bonchev–Trinajstić information content (AvgIpc) is 2.75. The Labute approximate surface area is 177 Å². The van der Waals surface area contributed by atoms with E-state index in [1.54, 1.807) is 6.07 Å². The summed E-state index contributed by atoms with van der Waals surface area (Å²) < 4.78 is 41.8. The van der Waals surface area contributed by atoms with Gasteiger partial charge in [-0.25, -0.2) is 13.2 Å². The molecule has 1 aliphatic rings. The predicted octanol–water partition coefficient (Wildman–Crippen LogP) is 8.43. The van der Waals surface area contributed by atoms with Crippen molar-refractivity contribution in [3.63, 3.8) is 0 Å². The van der Waals surface area contributed by atoms with Crippen LogP contribution in [-0.4, -0.2) is 0 Å². The summed E-state index contributed by atoms with van der Waals surface area (Å²) in [4.78, 5) is 0. The van der Waals surface area contributed by atoms with Gasteiger partial charge in [0.1, 0.15) is 5.82 Å². The summed E-state index contributed by atoms with van der Waals surface area (Å²) in [6.45, 7) is 2.18. The molecule has 3 aromatic carbocycles. The Hall–Kier alpha value is -2.29. The largest absolute Gasteiger partial charge is 0.207 e. The molecule has 0 N–H and O–H groups in total. The fourth-order valence-electron chi connectivity index (χ4n) is 4.89. The van der Waals surface area contributed by atoms with Crippen molar-refractivity contribution < 1.29 is 13.2 Å². The van der Waals surface area contributed by atoms with Crippen molar-refractivity contribution in [2.24, 2.45) is 0 Å². The molecule has 0 heterocycles. The zero-order valence-electron chi connectivity index (χ0n) is 17.6. The van der Waals surface area contributed by atoms with Crippen LogP contribution >= 0.6 is 0 Å². The molecule has 0 amide bonds. The minimum Gasteiger partial charge on any atom is -0.207 e. The quantitative estimate of drug-likeness (QED) is 0.358. The van der Waals surface area contributed by atoms with Gasteiger partial charge in [0.05, 0.1) is 0 Å². The van der Waals surface area contributed by atoms with E-state index in [9.17, 15) is 13.2 Å². The molecule has 0 spiro atoms. The lowest BCUT2D eigenvalue weighted by molar-refractivity contribution is 0.387. The van der Waals surface area contributed by atoms with Gasteiger partial charge in [-0.2, -0.15) is 0 Å². The fraction of sp³-hybridized carbons (Fsp3) is 0.407. The summed E-state index contributed by atoms with van der Waals surface area (Å²) in [6, 6.07) is 14.2. The van der Waals surface area contributed by atoms with Crippen molar-refractivity contribution in [1.29, 1.82) is 0 Å². The third kappa shape index (κ3) is 4.55. The van der Waals surface area contributed by atoms with Crippen LogP contribution in [0.2, 0.25) is 0 Å². The Balaban J connectivity index is 1.42. The zero-order valence-corrected chi connectivity index (χ0v) is 17.6. The molecular weight excluding hydrogens is 381 g/mol. The van der Waals surface area contributed by atoms with Crippen LogP contribution in [-0.2, 0) is 6.42 Å². The van der Waals surface area contributed by atoms with Gasteiger partial charge in [-0.15, -0.1) is 0 Å². The third-order valence-electron chi connectivity index (χ3n) is 6.68. The van der Waals surface area contributed by atoms with Crippen LogP contribution in [0.4, 0.5) is 13.2 Å². The van der Waals surface area contributed by atoms with Crippen LogP contribution in [0.1, 0.15) is 80.4 Å². The monoisotopic (exact) mass is 410 g/mol. The molecule has 3 heteroatoms. The molecule has 0 aliphatic heterocycles. The molecule has 4 rings (SSSR count). The second-order valence-electron chi connectivity index (χ2n) is 8.73. The molecule has 0 bridgehead atoms. The Bertz CT molecular complexity index is 1020. The fourth-order valence-corrected chi connectivity index (χ4v) is 4.89. The lowest BCUT2D eigenvalue weighted by Crippen LogP contribution is -2.13. The minimum atomic E-state index is -0.811. The van der Waals surface area contributed by atoms with Gasteiger partial charge in [0.15, 0.2) is 11.6 Å². The van der Waals surface area contributed by atoms with Gasteiger partial charge in [-0.1, -0.05) is 50.1 Å². The van der Waals surface area contributed by atoms with Gasteiger partial charge in [-0.3, -0.25) is 0 Å². The summed E-state index contributed by atoms with van der Waals surface area (Å²) in [7, 11) is 0. The lowest BCUT2D eigenvalue weighted by Gasteiger charge is -2.29. The molecule has 0 atom stereocenters. The van der Waals surface area contributed by atoms with E-state index in [4.69, 9.17) is 0 Å². The van der Waals surface area contributed by atoms with Gasteiger partial charge in [0, 0.05) is 0 Å². The Morgan fingerprint density at radius 1 is 0.700 bits per heavy atom. The molecule has 3 aromatic rings. The first-order valence-corrected chi connectivity index (χ1v) is 11.2. The van der Waals surface area contributed by atoms with E-state index in [0.29, 0.717) is 11.3 Å². The van der Waals surface area contributed by atoms with Gasteiger partial charge >= 0.3 is 0 Å². The third-order valence-corrected chi connectivity index (χ3v) is 6.68. The number of hydrogen-bond donors (Lipinski definition) is 0. The van der Waals surface area contributed by atoms with Crippen molar-refractivity contribution in [1.82, 2.24) is 0 Å². The van der Waals surface area contributed by atoms with Crippen LogP contribution in [0.3, 0.4) is 0 Å². The van der Waals surface area contributed by atoms with Crippen LogP contribution in [0.15, 0.2) is 48.5 Å². The number of hydrogen-bond acceptors (Lipinski definition) is 0. The van der Waals surface area contributed by atoms with E-state index in [1.165, 1.54) is 30.5 Å². The summed E-state index contributed by atoms with van der Waals surface area (Å²) in [5, 5.41) is 1.45. The first kappa shape index (κ1) is 21.0. The second-order valence-corrected chi connectivity index (χ2v) is 8.73. The molecule has 1 saturated carbocycles. The molecule has 0 unspecified atom stereocenters. The molecule has 0 saturated heterocycles. The van der Waals surface area contributed by atoms with Crippen LogP contribution < -0.4 is 0 Å². The normalized spacial score (nSPS) is 19.3. The minimum absolute atomic E-state index is 0.0596. The number of fused-ring (bicyclic) bond motifs is 1. The Kier molecular flexibility index (Phi) is 6.46. The highest BCUT2D eigenvalue weighted by Crippen LogP contribution is 2.42. The van der Waals surface area contributed by atoms with Gasteiger partial charge in [0.2, 0.25) is 0 Å². The second kappa shape index (κ2) is 9.24. The maximum atomic E-state index is 14.7. The maximum absolute atomic E-state index is 14.7. The topological polar surface area (TPSA) is 0 Å². The summed E-state index contributed by atoms with van der Waals surface area (Å²) in [5.41, 5.74) is 3.11. The van der Waals surface area contributed by atoms with Gasteiger partial charge in [-0.05, 0) is 96.0 Å². The SMILES string of the molecule is CCCCCc1ccc(C2CCC(c3ccc4cc(F)c(F)cc4c3)CC2)c(F)c1. The number of aryl methyl sites for hydroxylation is 1. The highest BCUT2D eigenvalue weighted by atomic mass is 19.2.